The van der Waals surface area contributed by atoms with Crippen LogP contribution in [0.4, 0.5) is 18.9 Å². The number of hydrogen-bond donors (Lipinski definition) is 1. The molecular weight excluding hydrogens is 267 g/mol. The molecule has 106 valence electrons. The van der Waals surface area contributed by atoms with Gasteiger partial charge in [-0.3, -0.25) is 0 Å². The molecule has 0 atom stereocenters. The third-order valence-electron chi connectivity index (χ3n) is 3.08. The lowest BCUT2D eigenvalue weighted by atomic mass is 9.98. The molecule has 0 radical (unpaired) electrons. The molecule has 0 aliphatic heterocycles. The summed E-state index contributed by atoms with van der Waals surface area (Å²) in [6.07, 6.45) is -4.36. The molecule has 0 spiro atoms. The Labute approximate surface area is 115 Å². The number of methoxy groups -OCH3 is 1. The Morgan fingerprint density at radius 1 is 1.10 bits per heavy atom. The van der Waals surface area contributed by atoms with E-state index in [0.29, 0.717) is 22.6 Å². The first-order valence-corrected chi connectivity index (χ1v) is 5.94. The SMILES string of the molecule is COc1cc(-c2cccc(C(F)(F)F)c2)c(C)cc1N. The monoisotopic (exact) mass is 281 g/mol. The number of ether oxygens (including phenoxy) is 1. The van der Waals surface area contributed by atoms with E-state index in [0.717, 1.165) is 17.7 Å². The number of aryl methyl sites for hydroxylation is 1. The smallest absolute Gasteiger partial charge is 0.416 e. The van der Waals surface area contributed by atoms with Crippen LogP contribution in [0, 0.1) is 6.92 Å². The summed E-state index contributed by atoms with van der Waals surface area (Å²) in [6.45, 7) is 1.80. The number of nitrogen functional groups attached to an aromatic ring is 1. The minimum absolute atomic E-state index is 0.447. The van der Waals surface area contributed by atoms with Gasteiger partial charge < -0.3 is 10.5 Å². The molecule has 0 unspecified atom stereocenters. The molecule has 0 amide bonds. The Hall–Kier alpha value is -2.17. The molecule has 0 aliphatic carbocycles. The second-order valence-corrected chi connectivity index (χ2v) is 4.49. The lowest BCUT2D eigenvalue weighted by Gasteiger charge is -2.13. The van der Waals surface area contributed by atoms with E-state index in [-0.39, 0.29) is 0 Å². The molecule has 0 heterocycles. The second kappa shape index (κ2) is 5.07. The first kappa shape index (κ1) is 14.2. The van der Waals surface area contributed by atoms with Crippen LogP contribution in [-0.4, -0.2) is 7.11 Å². The molecule has 20 heavy (non-hydrogen) atoms. The van der Waals surface area contributed by atoms with Crippen molar-refractivity contribution in [1.29, 1.82) is 0 Å². The quantitative estimate of drug-likeness (QED) is 0.834. The van der Waals surface area contributed by atoms with Crippen LogP contribution in [0.5, 0.6) is 5.75 Å². The summed E-state index contributed by atoms with van der Waals surface area (Å²) in [7, 11) is 1.47. The van der Waals surface area contributed by atoms with Gasteiger partial charge in [0.25, 0.3) is 0 Å². The highest BCUT2D eigenvalue weighted by atomic mass is 19.4. The van der Waals surface area contributed by atoms with E-state index in [9.17, 15) is 13.2 Å². The molecule has 0 saturated carbocycles. The van der Waals surface area contributed by atoms with Gasteiger partial charge in [0.05, 0.1) is 18.4 Å². The van der Waals surface area contributed by atoms with E-state index < -0.39 is 11.7 Å². The van der Waals surface area contributed by atoms with Crippen LogP contribution in [0.25, 0.3) is 11.1 Å². The number of benzene rings is 2. The molecule has 2 aromatic rings. The average Bonchev–Trinajstić information content (AvgIpc) is 2.38. The van der Waals surface area contributed by atoms with E-state index in [1.807, 2.05) is 0 Å². The van der Waals surface area contributed by atoms with Gasteiger partial charge in [0.15, 0.2) is 0 Å². The maximum absolute atomic E-state index is 12.7. The Morgan fingerprint density at radius 3 is 2.40 bits per heavy atom. The van der Waals surface area contributed by atoms with Gasteiger partial charge in [-0.2, -0.15) is 13.2 Å². The van der Waals surface area contributed by atoms with Gasteiger partial charge >= 0.3 is 6.18 Å². The van der Waals surface area contributed by atoms with E-state index >= 15 is 0 Å². The lowest BCUT2D eigenvalue weighted by Crippen LogP contribution is -2.04. The summed E-state index contributed by atoms with van der Waals surface area (Å²) in [6, 6.07) is 8.54. The minimum Gasteiger partial charge on any atom is -0.495 e. The zero-order valence-electron chi connectivity index (χ0n) is 11.1. The van der Waals surface area contributed by atoms with Crippen molar-refractivity contribution in [3.8, 4) is 16.9 Å². The molecular formula is C15H14F3NO. The second-order valence-electron chi connectivity index (χ2n) is 4.49. The molecule has 0 bridgehead atoms. The van der Waals surface area contributed by atoms with Gasteiger partial charge in [-0.15, -0.1) is 0 Å². The fourth-order valence-electron chi connectivity index (χ4n) is 2.06. The maximum atomic E-state index is 12.7. The molecule has 2 N–H and O–H groups in total. The Morgan fingerprint density at radius 2 is 1.80 bits per heavy atom. The van der Waals surface area contributed by atoms with Crippen LogP contribution in [0.3, 0.4) is 0 Å². The fourth-order valence-corrected chi connectivity index (χ4v) is 2.06. The third-order valence-corrected chi connectivity index (χ3v) is 3.08. The highest BCUT2D eigenvalue weighted by Gasteiger charge is 2.30. The van der Waals surface area contributed by atoms with Gasteiger partial charge in [0, 0.05) is 0 Å². The van der Waals surface area contributed by atoms with Gasteiger partial charge in [0.2, 0.25) is 0 Å². The van der Waals surface area contributed by atoms with E-state index in [1.54, 1.807) is 25.1 Å². The van der Waals surface area contributed by atoms with Crippen LogP contribution in [0.1, 0.15) is 11.1 Å². The Kier molecular flexibility index (Phi) is 3.61. The van der Waals surface area contributed by atoms with Crippen LogP contribution < -0.4 is 10.5 Å². The highest BCUT2D eigenvalue weighted by Crippen LogP contribution is 2.35. The van der Waals surface area contributed by atoms with Crippen molar-refractivity contribution in [2.75, 3.05) is 12.8 Å². The molecule has 0 saturated heterocycles. The predicted octanol–water partition coefficient (Wildman–Crippen LogP) is 4.27. The van der Waals surface area contributed by atoms with Crippen LogP contribution in [0.2, 0.25) is 0 Å². The first-order valence-electron chi connectivity index (χ1n) is 5.94. The largest absolute Gasteiger partial charge is 0.495 e. The summed E-state index contributed by atoms with van der Waals surface area (Å²) in [4.78, 5) is 0. The predicted molar refractivity (Wildman–Crippen MR) is 72.6 cm³/mol. The molecule has 2 rings (SSSR count). The minimum atomic E-state index is -4.36. The van der Waals surface area contributed by atoms with Gasteiger partial charge in [0.1, 0.15) is 5.75 Å². The molecule has 0 fully saturated rings. The van der Waals surface area contributed by atoms with Crippen molar-refractivity contribution in [1.82, 2.24) is 0 Å². The maximum Gasteiger partial charge on any atom is 0.416 e. The first-order chi connectivity index (χ1) is 9.32. The number of halogens is 3. The number of anilines is 1. The van der Waals surface area contributed by atoms with Crippen molar-refractivity contribution in [3.63, 3.8) is 0 Å². The van der Waals surface area contributed by atoms with Crippen LogP contribution in [-0.2, 0) is 6.18 Å². The molecule has 2 nitrogen and oxygen atoms in total. The van der Waals surface area contributed by atoms with Crippen molar-refractivity contribution >= 4 is 5.69 Å². The molecule has 0 aliphatic rings. The van der Waals surface area contributed by atoms with Crippen LogP contribution >= 0.6 is 0 Å². The van der Waals surface area contributed by atoms with Crippen molar-refractivity contribution in [2.45, 2.75) is 13.1 Å². The summed E-state index contributed by atoms with van der Waals surface area (Å²) in [5.74, 6) is 0.447. The summed E-state index contributed by atoms with van der Waals surface area (Å²) in [5, 5.41) is 0. The van der Waals surface area contributed by atoms with Crippen LogP contribution in [0.15, 0.2) is 36.4 Å². The lowest BCUT2D eigenvalue weighted by molar-refractivity contribution is -0.137. The zero-order valence-corrected chi connectivity index (χ0v) is 11.1. The van der Waals surface area contributed by atoms with Crippen molar-refractivity contribution < 1.29 is 17.9 Å². The Bertz CT molecular complexity index is 636. The Balaban J connectivity index is 2.57. The van der Waals surface area contributed by atoms with E-state index in [2.05, 4.69) is 0 Å². The number of alkyl halides is 3. The van der Waals surface area contributed by atoms with Crippen molar-refractivity contribution in [3.05, 3.63) is 47.5 Å². The number of nitrogens with two attached hydrogens (primary N) is 1. The average molecular weight is 281 g/mol. The normalized spacial score (nSPS) is 11.4. The highest BCUT2D eigenvalue weighted by molar-refractivity contribution is 5.74. The summed E-state index contributed by atoms with van der Waals surface area (Å²) in [5.41, 5.74) is 7.50. The third kappa shape index (κ3) is 2.71. The molecule has 5 heteroatoms. The standard InChI is InChI=1S/C15H14F3NO/c1-9-6-13(19)14(20-2)8-12(9)10-4-3-5-11(7-10)15(16,17)18/h3-8H,19H2,1-2H3. The van der Waals surface area contributed by atoms with Gasteiger partial charge in [-0.25, -0.2) is 0 Å². The summed E-state index contributed by atoms with van der Waals surface area (Å²) >= 11 is 0. The molecule has 2 aromatic carbocycles. The van der Waals surface area contributed by atoms with Crippen molar-refractivity contribution in [2.24, 2.45) is 0 Å². The van der Waals surface area contributed by atoms with Gasteiger partial charge in [-0.1, -0.05) is 12.1 Å². The topological polar surface area (TPSA) is 35.2 Å². The summed E-state index contributed by atoms with van der Waals surface area (Å²) < 4.78 is 43.4. The number of hydrogen-bond acceptors (Lipinski definition) is 2. The van der Waals surface area contributed by atoms with E-state index in [4.69, 9.17) is 10.5 Å². The molecule has 0 aromatic heterocycles. The number of rotatable bonds is 2. The van der Waals surface area contributed by atoms with E-state index in [1.165, 1.54) is 13.2 Å². The zero-order chi connectivity index (χ0) is 14.9. The van der Waals surface area contributed by atoms with Gasteiger partial charge in [-0.05, 0) is 47.9 Å². The fraction of sp³-hybridized carbons (Fsp3) is 0.200.